The maximum absolute atomic E-state index is 13.1. The van der Waals surface area contributed by atoms with Gasteiger partial charge in [0.2, 0.25) is 0 Å². The molecule has 0 aromatic heterocycles. The minimum absolute atomic E-state index is 0.235. The minimum atomic E-state index is -0.853. The van der Waals surface area contributed by atoms with E-state index >= 15 is 0 Å². The molecule has 4 rings (SSSR count). The number of hydrogen-bond acceptors (Lipinski definition) is 5. The molecule has 0 aliphatic carbocycles. The molecule has 7 nitrogen and oxygen atoms in total. The summed E-state index contributed by atoms with van der Waals surface area (Å²) in [5.74, 6) is -0.917. The molecule has 1 N–H and O–H groups in total. The summed E-state index contributed by atoms with van der Waals surface area (Å²) >= 11 is 15.8. The first-order valence-corrected chi connectivity index (χ1v) is 12.3. The lowest BCUT2D eigenvalue weighted by Crippen LogP contribution is -2.54. The Hall–Kier alpha value is -3.33. The van der Waals surface area contributed by atoms with Crippen molar-refractivity contribution in [1.29, 1.82) is 0 Å². The zero-order chi connectivity index (χ0) is 25.8. The van der Waals surface area contributed by atoms with E-state index in [4.69, 9.17) is 32.7 Å². The van der Waals surface area contributed by atoms with Crippen LogP contribution in [0.5, 0.6) is 11.5 Å². The Balaban J connectivity index is 1.65. The maximum atomic E-state index is 13.1. The van der Waals surface area contributed by atoms with Crippen LogP contribution in [0.15, 0.2) is 70.7 Å². The molecular weight excluding hydrogens is 571 g/mol. The SMILES string of the molecule is CCOc1cc(/C=C2\C(=O)NC(=O)N(c3ccc(Cl)cc3)C2=O)cc(Cl)c1OCc1ccc(Br)cc1. The van der Waals surface area contributed by atoms with E-state index in [1.807, 2.05) is 31.2 Å². The molecule has 0 saturated carbocycles. The molecule has 184 valence electrons. The Labute approximate surface area is 225 Å². The van der Waals surface area contributed by atoms with Crippen molar-refractivity contribution in [2.45, 2.75) is 13.5 Å². The fourth-order valence-electron chi connectivity index (χ4n) is 3.46. The van der Waals surface area contributed by atoms with Gasteiger partial charge in [0.1, 0.15) is 12.2 Å². The number of nitrogens with one attached hydrogen (secondary N) is 1. The normalized spacial score (nSPS) is 14.7. The van der Waals surface area contributed by atoms with E-state index < -0.39 is 17.8 Å². The van der Waals surface area contributed by atoms with Crippen LogP contribution in [0, 0.1) is 0 Å². The number of imide groups is 2. The van der Waals surface area contributed by atoms with Gasteiger partial charge in [0.15, 0.2) is 11.5 Å². The fourth-order valence-corrected chi connectivity index (χ4v) is 4.12. The number of rotatable bonds is 7. The number of urea groups is 1. The summed E-state index contributed by atoms with van der Waals surface area (Å²) in [7, 11) is 0. The van der Waals surface area contributed by atoms with Crippen LogP contribution in [0.2, 0.25) is 10.0 Å². The molecule has 3 aromatic rings. The van der Waals surface area contributed by atoms with E-state index in [1.54, 1.807) is 24.3 Å². The van der Waals surface area contributed by atoms with Gasteiger partial charge in [0, 0.05) is 9.50 Å². The van der Waals surface area contributed by atoms with Crippen LogP contribution in [0.1, 0.15) is 18.1 Å². The van der Waals surface area contributed by atoms with Crippen LogP contribution in [0.25, 0.3) is 6.08 Å². The summed E-state index contributed by atoms with van der Waals surface area (Å²) in [6.07, 6.45) is 1.35. The van der Waals surface area contributed by atoms with Gasteiger partial charge < -0.3 is 9.47 Å². The quantitative estimate of drug-likeness (QED) is 0.255. The number of hydrogen-bond donors (Lipinski definition) is 1. The first kappa shape index (κ1) is 25.8. The summed E-state index contributed by atoms with van der Waals surface area (Å²) in [6, 6.07) is 16.1. The Morgan fingerprint density at radius 2 is 1.67 bits per heavy atom. The number of halogens is 3. The van der Waals surface area contributed by atoms with E-state index in [-0.39, 0.29) is 22.9 Å². The van der Waals surface area contributed by atoms with Crippen LogP contribution in [0.3, 0.4) is 0 Å². The van der Waals surface area contributed by atoms with Gasteiger partial charge in [-0.2, -0.15) is 0 Å². The first-order valence-electron chi connectivity index (χ1n) is 10.8. The molecule has 0 radical (unpaired) electrons. The molecule has 0 atom stereocenters. The summed E-state index contributed by atoms with van der Waals surface area (Å²) in [6.45, 7) is 2.40. The molecule has 0 bridgehead atoms. The molecule has 36 heavy (non-hydrogen) atoms. The Morgan fingerprint density at radius 1 is 0.972 bits per heavy atom. The monoisotopic (exact) mass is 588 g/mol. The zero-order valence-corrected chi connectivity index (χ0v) is 22.0. The standard InChI is InChI=1S/C26H19BrCl2N2O5/c1-2-35-22-13-16(12-21(29)23(22)36-14-15-3-5-17(27)6-4-15)11-20-24(32)30-26(34)31(25(20)33)19-9-7-18(28)8-10-19/h3-13H,2,14H2,1H3,(H,30,32,34)/b20-11+. The summed E-state index contributed by atoms with van der Waals surface area (Å²) in [5.41, 5.74) is 1.37. The predicted octanol–water partition coefficient (Wildman–Crippen LogP) is 6.40. The zero-order valence-electron chi connectivity index (χ0n) is 18.9. The molecule has 0 unspecified atom stereocenters. The number of carbonyl (C=O) groups is 3. The third-order valence-electron chi connectivity index (χ3n) is 5.13. The average molecular weight is 590 g/mol. The van der Waals surface area contributed by atoms with Crippen molar-refractivity contribution in [2.24, 2.45) is 0 Å². The summed E-state index contributed by atoms with van der Waals surface area (Å²) in [5, 5.41) is 2.86. The fraction of sp³-hybridized carbons (Fsp3) is 0.115. The van der Waals surface area contributed by atoms with Crippen molar-refractivity contribution in [3.63, 3.8) is 0 Å². The second-order valence-corrected chi connectivity index (χ2v) is 9.37. The van der Waals surface area contributed by atoms with E-state index in [0.29, 0.717) is 28.7 Å². The highest BCUT2D eigenvalue weighted by Gasteiger charge is 2.36. The topological polar surface area (TPSA) is 84.9 Å². The Kier molecular flexibility index (Phi) is 7.98. The lowest BCUT2D eigenvalue weighted by Gasteiger charge is -2.26. The summed E-state index contributed by atoms with van der Waals surface area (Å²) in [4.78, 5) is 38.9. The molecule has 1 aliphatic heterocycles. The van der Waals surface area contributed by atoms with Gasteiger partial charge in [-0.1, -0.05) is 51.3 Å². The molecule has 1 saturated heterocycles. The van der Waals surface area contributed by atoms with Gasteiger partial charge in [0.25, 0.3) is 11.8 Å². The molecule has 4 amide bonds. The molecule has 1 fully saturated rings. The van der Waals surface area contributed by atoms with Crippen LogP contribution < -0.4 is 19.7 Å². The Bertz CT molecular complexity index is 1360. The molecule has 10 heteroatoms. The van der Waals surface area contributed by atoms with E-state index in [1.165, 1.54) is 18.2 Å². The molecule has 1 heterocycles. The molecule has 0 spiro atoms. The highest BCUT2D eigenvalue weighted by molar-refractivity contribution is 9.10. The predicted molar refractivity (Wildman–Crippen MR) is 142 cm³/mol. The van der Waals surface area contributed by atoms with Crippen LogP contribution in [-0.2, 0) is 16.2 Å². The van der Waals surface area contributed by atoms with Crippen LogP contribution >= 0.6 is 39.1 Å². The lowest BCUT2D eigenvalue weighted by molar-refractivity contribution is -0.122. The number of amides is 4. The van der Waals surface area contributed by atoms with Gasteiger partial charge >= 0.3 is 6.03 Å². The molecule has 3 aromatic carbocycles. The van der Waals surface area contributed by atoms with Gasteiger partial charge in [-0.3, -0.25) is 14.9 Å². The van der Waals surface area contributed by atoms with Crippen molar-refractivity contribution in [3.8, 4) is 11.5 Å². The largest absolute Gasteiger partial charge is 0.490 e. The highest BCUT2D eigenvalue weighted by atomic mass is 79.9. The van der Waals surface area contributed by atoms with Crippen molar-refractivity contribution >= 4 is 68.7 Å². The lowest BCUT2D eigenvalue weighted by atomic mass is 10.1. The highest BCUT2D eigenvalue weighted by Crippen LogP contribution is 2.38. The van der Waals surface area contributed by atoms with Crippen LogP contribution in [-0.4, -0.2) is 24.5 Å². The number of ether oxygens (including phenoxy) is 2. The second-order valence-electron chi connectivity index (χ2n) is 7.61. The van der Waals surface area contributed by atoms with Gasteiger partial charge in [0.05, 0.1) is 17.3 Å². The molecular formula is C26H19BrCl2N2O5. The summed E-state index contributed by atoms with van der Waals surface area (Å²) < 4.78 is 12.6. The maximum Gasteiger partial charge on any atom is 0.335 e. The number of anilines is 1. The van der Waals surface area contributed by atoms with Gasteiger partial charge in [-0.25, -0.2) is 9.69 Å². The molecule has 1 aliphatic rings. The van der Waals surface area contributed by atoms with Crippen molar-refractivity contribution in [3.05, 3.63) is 91.9 Å². The van der Waals surface area contributed by atoms with Gasteiger partial charge in [-0.05, 0) is 72.7 Å². The third-order valence-corrected chi connectivity index (χ3v) is 6.19. The van der Waals surface area contributed by atoms with Crippen molar-refractivity contribution in [1.82, 2.24) is 5.32 Å². The van der Waals surface area contributed by atoms with Crippen molar-refractivity contribution in [2.75, 3.05) is 11.5 Å². The Morgan fingerprint density at radius 3 is 2.33 bits per heavy atom. The van der Waals surface area contributed by atoms with Crippen molar-refractivity contribution < 1.29 is 23.9 Å². The number of barbiturate groups is 1. The average Bonchev–Trinajstić information content (AvgIpc) is 2.83. The van der Waals surface area contributed by atoms with Crippen LogP contribution in [0.4, 0.5) is 10.5 Å². The smallest absolute Gasteiger partial charge is 0.335 e. The minimum Gasteiger partial charge on any atom is -0.490 e. The van der Waals surface area contributed by atoms with E-state index in [2.05, 4.69) is 21.2 Å². The number of carbonyl (C=O) groups excluding carboxylic acids is 3. The number of nitrogens with zero attached hydrogens (tertiary/aromatic N) is 1. The van der Waals surface area contributed by atoms with Gasteiger partial charge in [-0.15, -0.1) is 0 Å². The van der Waals surface area contributed by atoms with E-state index in [9.17, 15) is 14.4 Å². The second kappa shape index (κ2) is 11.2. The first-order chi connectivity index (χ1) is 17.3. The number of benzene rings is 3. The van der Waals surface area contributed by atoms with E-state index in [0.717, 1.165) is 14.9 Å². The third kappa shape index (κ3) is 5.73.